The molecule has 1 aliphatic rings. The number of methoxy groups -OCH3 is 1. The smallest absolute Gasteiger partial charge is 0.192 e. The molecule has 0 amide bonds. The van der Waals surface area contributed by atoms with Crippen LogP contribution in [0.25, 0.3) is 27.9 Å². The number of aromatic nitrogens is 6. The largest absolute Gasteiger partial charge is 0.497 e. The summed E-state index contributed by atoms with van der Waals surface area (Å²) >= 11 is 0. The van der Waals surface area contributed by atoms with Gasteiger partial charge in [0, 0.05) is 56.2 Å². The summed E-state index contributed by atoms with van der Waals surface area (Å²) < 4.78 is 68.4. The predicted octanol–water partition coefficient (Wildman–Crippen LogP) is 3.33. The highest BCUT2D eigenvalue weighted by Gasteiger charge is 2.21. The maximum atomic E-state index is 15.2. The topological polar surface area (TPSA) is 120 Å². The molecule has 0 aliphatic carbocycles. The van der Waals surface area contributed by atoms with Crippen LogP contribution in [0, 0.1) is 5.82 Å². The van der Waals surface area contributed by atoms with Gasteiger partial charge in [-0.05, 0) is 30.6 Å². The molecule has 0 unspecified atom stereocenters. The van der Waals surface area contributed by atoms with E-state index in [1.165, 1.54) is 30.0 Å². The number of ether oxygens (including phenoxy) is 2. The lowest BCUT2D eigenvalue weighted by Gasteiger charge is -2.28. The minimum atomic E-state index is -3.06. The molecule has 39 heavy (non-hydrogen) atoms. The molecule has 0 spiro atoms. The van der Waals surface area contributed by atoms with Gasteiger partial charge in [-0.25, -0.2) is 18.9 Å². The summed E-state index contributed by atoms with van der Waals surface area (Å²) in [5.41, 5.74) is 7.59. The van der Waals surface area contributed by atoms with Crippen LogP contribution in [0.15, 0.2) is 48.8 Å². The van der Waals surface area contributed by atoms with E-state index in [1.807, 2.05) is 4.90 Å². The number of nitrogens with two attached hydrogens (primary N) is 1. The third kappa shape index (κ3) is 4.74. The molecular weight excluding hydrogens is 501 g/mol. The summed E-state index contributed by atoms with van der Waals surface area (Å²) in [7, 11) is 1.52. The summed E-state index contributed by atoms with van der Waals surface area (Å²) in [5.74, 6) is 0.0815. The first-order valence-corrected chi connectivity index (χ1v) is 12.2. The van der Waals surface area contributed by atoms with E-state index < -0.39 is 19.2 Å². The highest BCUT2D eigenvalue weighted by atomic mass is 19.1. The standard InChI is InChI=1S/C27H28FN9O2/c1-3-35(15-17-4-6-19(38-2)7-5-17)27-24-20(13-23(29)32-33-24)21(14-30-27)25-31-26-22(28)12-18(16-37(26)34-25)36-8-10-39-11-9-36/h4-7,12-14,16H,3,8-11,15H2,1-2H3,(H2,29,32)/i1D3,3D2. The number of hydrogen-bond donors (Lipinski definition) is 1. The fourth-order valence-electron chi connectivity index (χ4n) is 4.53. The Balaban J connectivity index is 1.48. The Morgan fingerprint density at radius 1 is 1.21 bits per heavy atom. The summed E-state index contributed by atoms with van der Waals surface area (Å²) in [6, 6.07) is 9.65. The zero-order valence-electron chi connectivity index (χ0n) is 26.0. The zero-order valence-corrected chi connectivity index (χ0v) is 21.0. The number of benzene rings is 1. The number of nitrogen functional groups attached to an aromatic ring is 1. The van der Waals surface area contributed by atoms with Gasteiger partial charge in [0.2, 0.25) is 0 Å². The number of nitrogens with zero attached hydrogens (tertiary/aromatic N) is 8. The van der Waals surface area contributed by atoms with E-state index in [0.717, 1.165) is 4.90 Å². The quantitative estimate of drug-likeness (QED) is 0.333. The van der Waals surface area contributed by atoms with Crippen LogP contribution in [-0.4, -0.2) is 69.7 Å². The normalized spacial score (nSPS) is 16.4. The van der Waals surface area contributed by atoms with Gasteiger partial charge in [-0.1, -0.05) is 12.1 Å². The first-order valence-electron chi connectivity index (χ1n) is 14.7. The van der Waals surface area contributed by atoms with Gasteiger partial charge >= 0.3 is 0 Å². The van der Waals surface area contributed by atoms with Gasteiger partial charge in [-0.3, -0.25) is 0 Å². The van der Waals surface area contributed by atoms with Crippen molar-refractivity contribution in [2.24, 2.45) is 0 Å². The van der Waals surface area contributed by atoms with Gasteiger partial charge < -0.3 is 25.0 Å². The molecule has 1 saturated heterocycles. The van der Waals surface area contributed by atoms with Gasteiger partial charge in [-0.2, -0.15) is 0 Å². The zero-order chi connectivity index (χ0) is 31.2. The Kier molecular flexibility index (Phi) is 5.14. The predicted molar refractivity (Wildman–Crippen MR) is 146 cm³/mol. The summed E-state index contributed by atoms with van der Waals surface area (Å²) in [5, 5.41) is 13.0. The van der Waals surface area contributed by atoms with Crippen LogP contribution in [-0.2, 0) is 11.3 Å². The van der Waals surface area contributed by atoms with E-state index in [0.29, 0.717) is 54.3 Å². The first kappa shape index (κ1) is 19.5. The molecule has 1 aliphatic heterocycles. The number of pyridine rings is 2. The average Bonchev–Trinajstić information content (AvgIpc) is 3.44. The maximum absolute atomic E-state index is 15.2. The molecule has 4 aromatic heterocycles. The van der Waals surface area contributed by atoms with Crippen molar-refractivity contribution < 1.29 is 20.7 Å². The lowest BCUT2D eigenvalue weighted by atomic mass is 10.1. The van der Waals surface area contributed by atoms with Crippen molar-refractivity contribution >= 4 is 33.9 Å². The molecule has 12 heteroatoms. The molecule has 2 N–H and O–H groups in total. The molecule has 5 aromatic rings. The summed E-state index contributed by atoms with van der Waals surface area (Å²) in [6.07, 6.45) is 3.05. The highest BCUT2D eigenvalue weighted by molar-refractivity contribution is 5.99. The first-order chi connectivity index (χ1) is 21.0. The molecule has 5 heterocycles. The van der Waals surface area contributed by atoms with Crippen molar-refractivity contribution in [1.29, 1.82) is 0 Å². The second-order valence-corrected chi connectivity index (χ2v) is 8.92. The molecule has 1 aromatic carbocycles. The average molecular weight is 535 g/mol. The fraction of sp³-hybridized carbons (Fsp3) is 0.296. The minimum absolute atomic E-state index is 0.0101. The number of hydrogen-bond acceptors (Lipinski definition) is 10. The van der Waals surface area contributed by atoms with Crippen molar-refractivity contribution in [3.63, 3.8) is 0 Å². The molecule has 0 saturated carbocycles. The van der Waals surface area contributed by atoms with E-state index in [-0.39, 0.29) is 35.2 Å². The summed E-state index contributed by atoms with van der Waals surface area (Å²) in [6.45, 7) is -3.84. The van der Waals surface area contributed by atoms with Crippen molar-refractivity contribution in [2.75, 3.05) is 55.4 Å². The van der Waals surface area contributed by atoms with Gasteiger partial charge in [0.15, 0.2) is 23.1 Å². The van der Waals surface area contributed by atoms with Crippen molar-refractivity contribution in [3.05, 3.63) is 60.2 Å². The number of rotatable bonds is 7. The van der Waals surface area contributed by atoms with E-state index in [9.17, 15) is 0 Å². The van der Waals surface area contributed by atoms with Crippen LogP contribution >= 0.6 is 0 Å². The monoisotopic (exact) mass is 534 g/mol. The van der Waals surface area contributed by atoms with Gasteiger partial charge in [-0.15, -0.1) is 15.3 Å². The van der Waals surface area contributed by atoms with E-state index in [1.54, 1.807) is 30.5 Å². The third-order valence-corrected chi connectivity index (χ3v) is 6.51. The van der Waals surface area contributed by atoms with Crippen LogP contribution in [0.3, 0.4) is 0 Å². The van der Waals surface area contributed by atoms with Crippen LogP contribution in [0.1, 0.15) is 19.3 Å². The summed E-state index contributed by atoms with van der Waals surface area (Å²) in [4.78, 5) is 11.9. The van der Waals surface area contributed by atoms with E-state index in [2.05, 4.69) is 25.3 Å². The highest BCUT2D eigenvalue weighted by Crippen LogP contribution is 2.32. The Labute approximate surface area is 231 Å². The van der Waals surface area contributed by atoms with Crippen molar-refractivity contribution in [1.82, 2.24) is 29.8 Å². The van der Waals surface area contributed by atoms with Crippen LogP contribution in [0.5, 0.6) is 5.75 Å². The molecular formula is C27H28FN9O2. The lowest BCUT2D eigenvalue weighted by Crippen LogP contribution is -2.36. The van der Waals surface area contributed by atoms with Gasteiger partial charge in [0.1, 0.15) is 17.1 Å². The van der Waals surface area contributed by atoms with Crippen molar-refractivity contribution in [3.8, 4) is 17.1 Å². The molecule has 1 fully saturated rings. The lowest BCUT2D eigenvalue weighted by molar-refractivity contribution is 0.122. The van der Waals surface area contributed by atoms with E-state index in [4.69, 9.17) is 22.1 Å². The van der Waals surface area contributed by atoms with Crippen molar-refractivity contribution in [2.45, 2.75) is 13.4 Å². The Morgan fingerprint density at radius 3 is 2.79 bits per heavy atom. The second kappa shape index (κ2) is 10.3. The Hall–Kier alpha value is -4.58. The molecule has 0 radical (unpaired) electrons. The molecule has 0 atom stereocenters. The third-order valence-electron chi connectivity index (χ3n) is 6.51. The second-order valence-electron chi connectivity index (χ2n) is 8.92. The van der Waals surface area contributed by atoms with Crippen LogP contribution in [0.4, 0.5) is 21.7 Å². The minimum Gasteiger partial charge on any atom is -0.497 e. The number of morpholine rings is 1. The van der Waals surface area contributed by atoms with E-state index >= 15 is 4.39 Å². The molecule has 200 valence electrons. The molecule has 11 nitrogen and oxygen atoms in total. The fourth-order valence-corrected chi connectivity index (χ4v) is 4.53. The molecule has 0 bridgehead atoms. The Bertz CT molecular complexity index is 1830. The number of anilines is 3. The van der Waals surface area contributed by atoms with Crippen LogP contribution < -0.4 is 20.3 Å². The SMILES string of the molecule is [2H]C([2H])([2H])C([2H])([2H])N(Cc1ccc(OC)cc1)c1ncc(-c2nc3c(F)cc(N4CCOCC4)cn3n2)c2cc(N)nnc12. The molecule has 6 rings (SSSR count). The van der Waals surface area contributed by atoms with Crippen LogP contribution in [0.2, 0.25) is 0 Å². The number of halogens is 1. The van der Waals surface area contributed by atoms with Gasteiger partial charge in [0.25, 0.3) is 0 Å². The Morgan fingerprint density at radius 2 is 2.03 bits per heavy atom. The maximum Gasteiger partial charge on any atom is 0.192 e. The van der Waals surface area contributed by atoms with Gasteiger partial charge in [0.05, 0.1) is 32.2 Å². The number of fused-ring (bicyclic) bond motifs is 2.